The van der Waals surface area contributed by atoms with Crippen molar-refractivity contribution in [3.05, 3.63) is 48.1 Å². The molecule has 22 heavy (non-hydrogen) atoms. The molecule has 9 heteroatoms. The largest absolute Gasteiger partial charge is 0.461 e. The Morgan fingerprint density at radius 2 is 2.09 bits per heavy atom. The molecule has 0 saturated heterocycles. The van der Waals surface area contributed by atoms with Gasteiger partial charge in [-0.25, -0.2) is 9.78 Å². The summed E-state index contributed by atoms with van der Waals surface area (Å²) >= 11 is 0. The third-order valence-electron chi connectivity index (χ3n) is 2.70. The molecule has 0 atom stereocenters. The molecule has 0 aliphatic carbocycles. The van der Waals surface area contributed by atoms with Gasteiger partial charge in [-0.3, -0.25) is 0 Å². The fraction of sp³-hybridized carbons (Fsp3) is 0.231. The minimum atomic E-state index is -0.510. The van der Waals surface area contributed by atoms with Crippen molar-refractivity contribution in [2.45, 2.75) is 13.3 Å². The van der Waals surface area contributed by atoms with E-state index in [0.717, 1.165) is 0 Å². The molecular formula is C13H12N6O3. The first-order chi connectivity index (χ1) is 10.8. The third kappa shape index (κ3) is 2.97. The van der Waals surface area contributed by atoms with E-state index in [2.05, 4.69) is 25.4 Å². The fourth-order valence-corrected chi connectivity index (χ4v) is 1.73. The number of nitrogens with zero attached hydrogens (tertiary/aromatic N) is 6. The van der Waals surface area contributed by atoms with E-state index in [0.29, 0.717) is 23.8 Å². The number of aromatic nitrogens is 6. The Hall–Kier alpha value is -3.10. The quantitative estimate of drug-likeness (QED) is 0.637. The number of carbonyl (C=O) groups is 1. The van der Waals surface area contributed by atoms with Crippen LogP contribution in [0.25, 0.3) is 5.82 Å². The Labute approximate surface area is 124 Å². The zero-order chi connectivity index (χ0) is 15.4. The van der Waals surface area contributed by atoms with Crippen LogP contribution >= 0.6 is 0 Å². The second kappa shape index (κ2) is 6.12. The number of ether oxygens (including phenoxy) is 1. The van der Waals surface area contributed by atoms with Gasteiger partial charge in [-0.2, -0.15) is 15.3 Å². The van der Waals surface area contributed by atoms with Gasteiger partial charge in [-0.05, 0) is 19.1 Å². The summed E-state index contributed by atoms with van der Waals surface area (Å²) < 4.78 is 10.1. The second-order valence-corrected chi connectivity index (χ2v) is 4.23. The van der Waals surface area contributed by atoms with Crippen LogP contribution in [0.3, 0.4) is 0 Å². The standard InChI is InChI=1S/C13H12N6O3/c1-2-21-13(20)10-8-22-12(16-10)7-9-3-4-11(18-17-9)19-14-5-6-15-19/h3-6,8H,2,7H2,1H3. The van der Waals surface area contributed by atoms with Crippen LogP contribution in [0.1, 0.15) is 29.0 Å². The third-order valence-corrected chi connectivity index (χ3v) is 2.70. The average molecular weight is 300 g/mol. The van der Waals surface area contributed by atoms with Crippen LogP contribution in [0.2, 0.25) is 0 Å². The highest BCUT2D eigenvalue weighted by molar-refractivity contribution is 5.86. The van der Waals surface area contributed by atoms with Gasteiger partial charge in [0.05, 0.1) is 31.1 Å². The van der Waals surface area contributed by atoms with Crippen LogP contribution < -0.4 is 0 Å². The number of hydrogen-bond acceptors (Lipinski definition) is 8. The molecule has 0 N–H and O–H groups in total. The van der Waals surface area contributed by atoms with Crippen molar-refractivity contribution in [1.29, 1.82) is 0 Å². The summed E-state index contributed by atoms with van der Waals surface area (Å²) in [5.41, 5.74) is 0.787. The summed E-state index contributed by atoms with van der Waals surface area (Å²) in [6.45, 7) is 2.01. The lowest BCUT2D eigenvalue weighted by atomic mass is 10.3. The molecule has 0 unspecified atom stereocenters. The maximum Gasteiger partial charge on any atom is 0.360 e. The van der Waals surface area contributed by atoms with Crippen molar-refractivity contribution in [2.75, 3.05) is 6.61 Å². The maximum atomic E-state index is 11.5. The lowest BCUT2D eigenvalue weighted by Crippen LogP contribution is -2.06. The van der Waals surface area contributed by atoms with Crippen LogP contribution in [0.15, 0.2) is 35.2 Å². The van der Waals surface area contributed by atoms with Gasteiger partial charge < -0.3 is 9.15 Å². The van der Waals surface area contributed by atoms with E-state index in [9.17, 15) is 4.79 Å². The molecule has 0 radical (unpaired) electrons. The zero-order valence-electron chi connectivity index (χ0n) is 11.7. The Morgan fingerprint density at radius 1 is 1.27 bits per heavy atom. The number of oxazole rings is 1. The molecular weight excluding hydrogens is 288 g/mol. The van der Waals surface area contributed by atoms with Gasteiger partial charge in [-0.15, -0.1) is 9.90 Å². The van der Waals surface area contributed by atoms with Crippen LogP contribution in [0.5, 0.6) is 0 Å². The maximum absolute atomic E-state index is 11.5. The van der Waals surface area contributed by atoms with Gasteiger partial charge in [0.25, 0.3) is 0 Å². The lowest BCUT2D eigenvalue weighted by molar-refractivity contribution is 0.0519. The Kier molecular flexibility index (Phi) is 3.86. The zero-order valence-corrected chi connectivity index (χ0v) is 11.7. The first kappa shape index (κ1) is 13.9. The SMILES string of the molecule is CCOC(=O)c1coc(Cc2ccc(-n3nccn3)nn2)n1. The summed E-state index contributed by atoms with van der Waals surface area (Å²) in [5.74, 6) is 0.361. The van der Waals surface area contributed by atoms with Gasteiger partial charge in [0.15, 0.2) is 11.5 Å². The molecule has 0 spiro atoms. The summed E-state index contributed by atoms with van der Waals surface area (Å²) in [6, 6.07) is 3.50. The Bertz CT molecular complexity index is 750. The monoisotopic (exact) mass is 300 g/mol. The Morgan fingerprint density at radius 3 is 2.77 bits per heavy atom. The second-order valence-electron chi connectivity index (χ2n) is 4.23. The van der Waals surface area contributed by atoms with E-state index in [1.54, 1.807) is 31.5 Å². The predicted octanol–water partition coefficient (Wildman–Crippen LogP) is 0.813. The molecule has 0 fully saturated rings. The van der Waals surface area contributed by atoms with Gasteiger partial charge in [0.1, 0.15) is 6.26 Å². The number of carbonyl (C=O) groups excluding carboxylic acids is 1. The fourth-order valence-electron chi connectivity index (χ4n) is 1.73. The van der Waals surface area contributed by atoms with Crippen molar-refractivity contribution in [1.82, 2.24) is 30.2 Å². The number of esters is 1. The number of hydrogen-bond donors (Lipinski definition) is 0. The van der Waals surface area contributed by atoms with Gasteiger partial charge in [0, 0.05) is 0 Å². The summed E-state index contributed by atoms with van der Waals surface area (Å²) in [4.78, 5) is 16.9. The molecule has 0 amide bonds. The van der Waals surface area contributed by atoms with Crippen molar-refractivity contribution in [3.63, 3.8) is 0 Å². The van der Waals surface area contributed by atoms with Crippen LogP contribution in [0.4, 0.5) is 0 Å². The van der Waals surface area contributed by atoms with Gasteiger partial charge >= 0.3 is 5.97 Å². The van der Waals surface area contributed by atoms with Crippen LogP contribution in [-0.2, 0) is 11.2 Å². The first-order valence-electron chi connectivity index (χ1n) is 6.57. The van der Waals surface area contributed by atoms with Crippen LogP contribution in [-0.4, -0.2) is 42.8 Å². The highest BCUT2D eigenvalue weighted by atomic mass is 16.5. The normalized spacial score (nSPS) is 10.6. The minimum absolute atomic E-state index is 0.141. The molecule has 3 aromatic heterocycles. The molecule has 0 aliphatic heterocycles. The molecule has 3 rings (SSSR count). The van der Waals surface area contributed by atoms with E-state index in [1.807, 2.05) is 0 Å². The summed E-state index contributed by atoms with van der Waals surface area (Å²) in [5, 5.41) is 16.0. The van der Waals surface area contributed by atoms with Crippen molar-refractivity contribution < 1.29 is 13.9 Å². The van der Waals surface area contributed by atoms with E-state index in [1.165, 1.54) is 11.1 Å². The summed E-state index contributed by atoms with van der Waals surface area (Å²) in [7, 11) is 0. The molecule has 112 valence electrons. The molecule has 0 bridgehead atoms. The molecule has 0 saturated carbocycles. The average Bonchev–Trinajstić information content (AvgIpc) is 3.19. The highest BCUT2D eigenvalue weighted by Crippen LogP contribution is 2.09. The van der Waals surface area contributed by atoms with E-state index >= 15 is 0 Å². The Balaban J connectivity index is 1.70. The number of rotatable bonds is 5. The minimum Gasteiger partial charge on any atom is -0.461 e. The van der Waals surface area contributed by atoms with E-state index in [-0.39, 0.29) is 12.3 Å². The van der Waals surface area contributed by atoms with E-state index < -0.39 is 5.97 Å². The molecule has 0 aromatic carbocycles. The van der Waals surface area contributed by atoms with Crippen LogP contribution in [0, 0.1) is 0 Å². The van der Waals surface area contributed by atoms with Crippen molar-refractivity contribution in [2.24, 2.45) is 0 Å². The molecule has 0 aliphatic rings. The van der Waals surface area contributed by atoms with Gasteiger partial charge in [0.2, 0.25) is 5.89 Å². The molecule has 3 aromatic rings. The first-order valence-corrected chi connectivity index (χ1v) is 6.57. The topological polar surface area (TPSA) is 109 Å². The highest BCUT2D eigenvalue weighted by Gasteiger charge is 2.14. The van der Waals surface area contributed by atoms with Crippen molar-refractivity contribution in [3.8, 4) is 5.82 Å². The van der Waals surface area contributed by atoms with Gasteiger partial charge in [-0.1, -0.05) is 0 Å². The predicted molar refractivity (Wildman–Crippen MR) is 72.2 cm³/mol. The lowest BCUT2D eigenvalue weighted by Gasteiger charge is -1.99. The van der Waals surface area contributed by atoms with Crippen molar-refractivity contribution >= 4 is 5.97 Å². The molecule has 3 heterocycles. The summed E-state index contributed by atoms with van der Waals surface area (Å²) in [6.07, 6.45) is 4.69. The van der Waals surface area contributed by atoms with E-state index in [4.69, 9.17) is 9.15 Å². The smallest absolute Gasteiger partial charge is 0.360 e. The molecule has 9 nitrogen and oxygen atoms in total.